The van der Waals surface area contributed by atoms with Gasteiger partial charge in [0.25, 0.3) is 5.56 Å². The molecule has 0 spiro atoms. The van der Waals surface area contributed by atoms with E-state index in [4.69, 9.17) is 4.74 Å². The van der Waals surface area contributed by atoms with E-state index < -0.39 is 40.6 Å². The number of thiazole rings is 1. The van der Waals surface area contributed by atoms with Crippen LogP contribution in [0.2, 0.25) is 0 Å². The van der Waals surface area contributed by atoms with Gasteiger partial charge in [0.1, 0.15) is 5.56 Å². The molecule has 0 saturated heterocycles. The number of rotatable bonds is 3. The predicted octanol–water partition coefficient (Wildman–Crippen LogP) is 3.64. The van der Waals surface area contributed by atoms with E-state index in [0.29, 0.717) is 16.6 Å². The Morgan fingerprint density at radius 2 is 1.89 bits per heavy atom. The number of carbonyl (C=O) groups excluding carboxylic acids is 1. The fourth-order valence-corrected chi connectivity index (χ4v) is 5.82. The molecule has 0 unspecified atom stereocenters. The van der Waals surface area contributed by atoms with Crippen molar-refractivity contribution >= 4 is 27.5 Å². The first-order chi connectivity index (χ1) is 17.5. The molecule has 0 N–H and O–H groups in total. The van der Waals surface area contributed by atoms with Crippen LogP contribution in [0, 0.1) is 0 Å². The van der Waals surface area contributed by atoms with Gasteiger partial charge in [-0.05, 0) is 54.7 Å². The quantitative estimate of drug-likeness (QED) is 0.377. The highest BCUT2D eigenvalue weighted by Crippen LogP contribution is 2.40. The Labute approximate surface area is 210 Å². The van der Waals surface area contributed by atoms with Crippen molar-refractivity contribution in [2.75, 3.05) is 7.11 Å². The second-order valence-corrected chi connectivity index (χ2v) is 9.71. The molecule has 1 aliphatic rings. The highest BCUT2D eigenvalue weighted by Gasteiger charge is 2.37. The van der Waals surface area contributed by atoms with Crippen molar-refractivity contribution in [3.63, 3.8) is 0 Å². The first-order valence-electron chi connectivity index (χ1n) is 11.3. The zero-order valence-electron chi connectivity index (χ0n) is 19.7. The molecule has 12 heteroatoms. The monoisotopic (exact) mass is 531 g/mol. The van der Waals surface area contributed by atoms with Crippen molar-refractivity contribution in [2.45, 2.75) is 31.5 Å². The number of benzene rings is 2. The molecule has 192 valence electrons. The molecule has 0 aliphatic heterocycles. The molecular formula is C25H20F3N3O5S. The number of nitrogens with zero attached hydrogens (tertiary/aromatic N) is 3. The maximum Gasteiger partial charge on any atom is 0.416 e. The molecule has 2 heterocycles. The summed E-state index contributed by atoms with van der Waals surface area (Å²) < 4.78 is 49.8. The lowest BCUT2D eigenvalue weighted by atomic mass is 9.84. The van der Waals surface area contributed by atoms with Gasteiger partial charge in [-0.1, -0.05) is 23.5 Å². The molecular weight excluding hydrogens is 511 g/mol. The Kier molecular flexibility index (Phi) is 5.94. The molecule has 0 radical (unpaired) electrons. The summed E-state index contributed by atoms with van der Waals surface area (Å²) in [4.78, 5) is 51.5. The molecule has 4 aromatic rings. The maximum atomic E-state index is 13.7. The van der Waals surface area contributed by atoms with Gasteiger partial charge in [-0.15, -0.1) is 0 Å². The zero-order chi connectivity index (χ0) is 26.6. The highest BCUT2D eigenvalue weighted by atomic mass is 32.1. The van der Waals surface area contributed by atoms with Gasteiger partial charge in [0.2, 0.25) is 0 Å². The summed E-state index contributed by atoms with van der Waals surface area (Å²) in [7, 11) is 2.69. The smallest absolute Gasteiger partial charge is 0.416 e. The second kappa shape index (κ2) is 8.87. The van der Waals surface area contributed by atoms with Gasteiger partial charge in [-0.25, -0.2) is 9.59 Å². The Balaban J connectivity index is 1.79. The molecule has 8 nitrogen and oxygen atoms in total. The Morgan fingerprint density at radius 1 is 1.14 bits per heavy atom. The standard InChI is InChI=1S/C25H20F3N3O5S/c1-29-19-10-9-13(11-20(19)37-24(29)35)30-12-16(22(33)36-2)21(32)31(23(30)34)18-8-4-5-14-15(18)6-3-7-17(14)25(26,27)28/h3,6-7,9-12,18H,4-5,8H2,1-2H3/t18-/m1/s1. The van der Waals surface area contributed by atoms with Gasteiger partial charge in [0.05, 0.1) is 34.6 Å². The summed E-state index contributed by atoms with van der Waals surface area (Å²) in [5.74, 6) is -0.988. The minimum atomic E-state index is -4.60. The topological polar surface area (TPSA) is 92.3 Å². The molecule has 1 aliphatic carbocycles. The van der Waals surface area contributed by atoms with Crippen molar-refractivity contribution in [2.24, 2.45) is 7.05 Å². The molecule has 0 amide bonds. The average Bonchev–Trinajstić information content (AvgIpc) is 3.15. The van der Waals surface area contributed by atoms with E-state index in [-0.39, 0.29) is 34.5 Å². The van der Waals surface area contributed by atoms with Crippen LogP contribution in [0.15, 0.2) is 57.0 Å². The van der Waals surface area contributed by atoms with Crippen LogP contribution in [0.25, 0.3) is 15.9 Å². The van der Waals surface area contributed by atoms with Crippen LogP contribution >= 0.6 is 11.3 Å². The molecule has 5 rings (SSSR count). The molecule has 0 bridgehead atoms. The minimum absolute atomic E-state index is 0.0306. The lowest BCUT2D eigenvalue weighted by molar-refractivity contribution is -0.138. The van der Waals surface area contributed by atoms with E-state index in [2.05, 4.69) is 0 Å². The van der Waals surface area contributed by atoms with Gasteiger partial charge in [0.15, 0.2) is 0 Å². The number of hydrogen-bond donors (Lipinski definition) is 0. The Hall–Kier alpha value is -3.93. The third-order valence-electron chi connectivity index (χ3n) is 6.67. The molecule has 2 aromatic carbocycles. The first-order valence-corrected chi connectivity index (χ1v) is 12.1. The van der Waals surface area contributed by atoms with E-state index in [0.717, 1.165) is 39.8 Å². The van der Waals surface area contributed by atoms with Crippen LogP contribution in [-0.4, -0.2) is 26.8 Å². The van der Waals surface area contributed by atoms with Crippen molar-refractivity contribution in [1.82, 2.24) is 13.7 Å². The normalized spacial score (nSPS) is 15.5. The third kappa shape index (κ3) is 4.01. The van der Waals surface area contributed by atoms with Crippen molar-refractivity contribution in [1.29, 1.82) is 0 Å². The summed E-state index contributed by atoms with van der Waals surface area (Å²) in [5.41, 5.74) is -1.87. The van der Waals surface area contributed by atoms with Gasteiger partial charge in [-0.2, -0.15) is 13.2 Å². The van der Waals surface area contributed by atoms with Crippen molar-refractivity contribution < 1.29 is 22.7 Å². The van der Waals surface area contributed by atoms with Crippen molar-refractivity contribution in [3.05, 3.63) is 95.4 Å². The number of aryl methyl sites for hydroxylation is 1. The third-order valence-corrected chi connectivity index (χ3v) is 7.67. The number of alkyl halides is 3. The summed E-state index contributed by atoms with van der Waals surface area (Å²) in [5, 5.41) is 0. The Bertz CT molecular complexity index is 1750. The lowest BCUT2D eigenvalue weighted by Crippen LogP contribution is -2.45. The number of halogens is 3. The fraction of sp³-hybridized carbons (Fsp3) is 0.280. The van der Waals surface area contributed by atoms with Crippen LogP contribution in [0.1, 0.15) is 45.9 Å². The minimum Gasteiger partial charge on any atom is -0.465 e. The summed E-state index contributed by atoms with van der Waals surface area (Å²) >= 11 is 0.964. The molecule has 0 fully saturated rings. The number of methoxy groups -OCH3 is 1. The molecule has 2 aromatic heterocycles. The average molecular weight is 532 g/mol. The van der Waals surface area contributed by atoms with Crippen LogP contribution in [0.4, 0.5) is 13.2 Å². The van der Waals surface area contributed by atoms with E-state index >= 15 is 0 Å². The van der Waals surface area contributed by atoms with Crippen LogP contribution in [-0.2, 0) is 24.4 Å². The number of fused-ring (bicyclic) bond motifs is 2. The maximum absolute atomic E-state index is 13.7. The largest absolute Gasteiger partial charge is 0.465 e. The van der Waals surface area contributed by atoms with E-state index in [1.807, 2.05) is 0 Å². The highest BCUT2D eigenvalue weighted by molar-refractivity contribution is 7.16. The van der Waals surface area contributed by atoms with E-state index in [9.17, 15) is 32.3 Å². The van der Waals surface area contributed by atoms with Gasteiger partial charge >= 0.3 is 22.7 Å². The second-order valence-electron chi connectivity index (χ2n) is 8.72. The van der Waals surface area contributed by atoms with Gasteiger partial charge < -0.3 is 9.30 Å². The van der Waals surface area contributed by atoms with Gasteiger partial charge in [0, 0.05) is 13.2 Å². The number of ether oxygens (including phenoxy) is 1. The first kappa shape index (κ1) is 24.8. The van der Waals surface area contributed by atoms with Gasteiger partial charge in [-0.3, -0.25) is 18.7 Å². The molecule has 1 atom stereocenters. The molecule has 37 heavy (non-hydrogen) atoms. The van der Waals surface area contributed by atoms with Crippen LogP contribution < -0.4 is 16.1 Å². The predicted molar refractivity (Wildman–Crippen MR) is 131 cm³/mol. The summed E-state index contributed by atoms with van der Waals surface area (Å²) in [6.45, 7) is 0. The number of aromatic nitrogens is 3. The summed E-state index contributed by atoms with van der Waals surface area (Å²) in [6, 6.07) is 7.46. The van der Waals surface area contributed by atoms with Crippen molar-refractivity contribution in [3.8, 4) is 5.69 Å². The molecule has 0 saturated carbocycles. The number of carbonyl (C=O) groups is 1. The van der Waals surface area contributed by atoms with Crippen LogP contribution in [0.5, 0.6) is 0 Å². The zero-order valence-corrected chi connectivity index (χ0v) is 20.5. The number of esters is 1. The SMILES string of the molecule is COC(=O)c1cn(-c2ccc3c(c2)sc(=O)n3C)c(=O)n([C@@H]2CCCc3c2cccc3C(F)(F)F)c1=O. The Morgan fingerprint density at radius 3 is 2.59 bits per heavy atom. The lowest BCUT2D eigenvalue weighted by Gasteiger charge is -2.29. The fourth-order valence-electron chi connectivity index (χ4n) is 4.91. The van der Waals surface area contributed by atoms with E-state index in [1.54, 1.807) is 25.2 Å². The number of hydrogen-bond acceptors (Lipinski definition) is 6. The van der Waals surface area contributed by atoms with Crippen LogP contribution in [0.3, 0.4) is 0 Å². The van der Waals surface area contributed by atoms with E-state index in [1.165, 1.54) is 16.7 Å². The summed E-state index contributed by atoms with van der Waals surface area (Å²) in [6.07, 6.45) is -2.85.